The summed E-state index contributed by atoms with van der Waals surface area (Å²) in [5.41, 5.74) is 4.77. The molecular formula is C26H24FN3O. The second-order valence-electron chi connectivity index (χ2n) is 8.86. The second kappa shape index (κ2) is 7.20. The highest BCUT2D eigenvalue weighted by Crippen LogP contribution is 2.29. The zero-order valence-corrected chi connectivity index (χ0v) is 17.2. The molecule has 1 amide bonds. The van der Waals surface area contributed by atoms with Gasteiger partial charge in [-0.3, -0.25) is 4.79 Å². The molecule has 0 aliphatic carbocycles. The van der Waals surface area contributed by atoms with E-state index in [1.807, 2.05) is 24.4 Å². The van der Waals surface area contributed by atoms with Crippen molar-refractivity contribution in [2.45, 2.75) is 18.9 Å². The Morgan fingerprint density at radius 1 is 0.935 bits per heavy atom. The maximum absolute atomic E-state index is 13.3. The predicted molar refractivity (Wildman–Crippen MR) is 121 cm³/mol. The summed E-state index contributed by atoms with van der Waals surface area (Å²) >= 11 is 0. The molecule has 4 nitrogen and oxygen atoms in total. The number of aromatic nitrogens is 1. The molecule has 0 radical (unpaired) electrons. The van der Waals surface area contributed by atoms with E-state index < -0.39 is 0 Å². The average Bonchev–Trinajstić information content (AvgIpc) is 3.25. The topological polar surface area (TPSA) is 36.8 Å². The van der Waals surface area contributed by atoms with Crippen LogP contribution in [0, 0.1) is 11.7 Å². The molecule has 3 aliphatic heterocycles. The molecule has 4 aromatic rings. The van der Waals surface area contributed by atoms with Gasteiger partial charge in [0.05, 0.1) is 11.1 Å². The molecule has 2 aromatic carbocycles. The lowest BCUT2D eigenvalue weighted by atomic mass is 9.84. The van der Waals surface area contributed by atoms with Crippen molar-refractivity contribution >= 4 is 22.3 Å². The minimum atomic E-state index is -0.234. The van der Waals surface area contributed by atoms with Crippen LogP contribution in [-0.4, -0.2) is 40.9 Å². The Bertz CT molecular complexity index is 1290. The maximum Gasteiger partial charge on any atom is 0.253 e. The molecule has 31 heavy (non-hydrogen) atoms. The quantitative estimate of drug-likeness (QED) is 0.528. The summed E-state index contributed by atoms with van der Waals surface area (Å²) in [6.07, 6.45) is 4.30. The Labute approximate surface area is 180 Å². The number of nitrogens with zero attached hydrogens (tertiary/aromatic N) is 2. The van der Waals surface area contributed by atoms with Crippen molar-refractivity contribution < 1.29 is 9.18 Å². The number of carbonyl (C=O) groups excluding carboxylic acids is 1. The first-order chi connectivity index (χ1) is 15.1. The minimum absolute atomic E-state index is 0.0125. The van der Waals surface area contributed by atoms with Crippen LogP contribution in [0.15, 0.2) is 66.9 Å². The maximum atomic E-state index is 13.3. The van der Waals surface area contributed by atoms with Crippen LogP contribution in [0.25, 0.3) is 27.5 Å². The molecule has 1 unspecified atom stereocenters. The minimum Gasteiger partial charge on any atom is -0.348 e. The molecule has 7 rings (SSSR count). The van der Waals surface area contributed by atoms with Crippen LogP contribution < -0.4 is 5.32 Å². The van der Waals surface area contributed by atoms with Crippen LogP contribution >= 0.6 is 0 Å². The van der Waals surface area contributed by atoms with Gasteiger partial charge in [0.1, 0.15) is 5.82 Å². The van der Waals surface area contributed by atoms with Crippen molar-refractivity contribution in [2.24, 2.45) is 5.92 Å². The Balaban J connectivity index is 1.31. The molecule has 3 aliphatic rings. The van der Waals surface area contributed by atoms with Crippen molar-refractivity contribution in [3.05, 3.63) is 78.2 Å². The summed E-state index contributed by atoms with van der Waals surface area (Å²) in [7, 11) is 0. The van der Waals surface area contributed by atoms with Gasteiger partial charge in [-0.05, 0) is 84.8 Å². The van der Waals surface area contributed by atoms with Crippen molar-refractivity contribution in [3.8, 4) is 11.1 Å². The fraction of sp³-hybridized carbons (Fsp3) is 0.269. The third kappa shape index (κ3) is 3.29. The van der Waals surface area contributed by atoms with Gasteiger partial charge in [-0.25, -0.2) is 4.39 Å². The van der Waals surface area contributed by atoms with Gasteiger partial charge in [-0.2, -0.15) is 0 Å². The molecule has 2 aromatic heterocycles. The number of fused-ring (bicyclic) bond motifs is 6. The van der Waals surface area contributed by atoms with Crippen molar-refractivity contribution in [2.75, 3.05) is 19.6 Å². The van der Waals surface area contributed by atoms with Gasteiger partial charge in [-0.1, -0.05) is 24.3 Å². The number of hydrogen-bond acceptors (Lipinski definition) is 2. The van der Waals surface area contributed by atoms with Crippen LogP contribution in [-0.2, 0) is 0 Å². The van der Waals surface area contributed by atoms with E-state index in [2.05, 4.69) is 32.8 Å². The van der Waals surface area contributed by atoms with Gasteiger partial charge in [0.2, 0.25) is 0 Å². The van der Waals surface area contributed by atoms with Gasteiger partial charge < -0.3 is 14.6 Å². The summed E-state index contributed by atoms with van der Waals surface area (Å²) in [5.74, 6) is 0.387. The number of hydrogen-bond donors (Lipinski definition) is 1. The summed E-state index contributed by atoms with van der Waals surface area (Å²) < 4.78 is 15.3. The highest BCUT2D eigenvalue weighted by molar-refractivity contribution is 5.97. The number of rotatable bonds is 3. The largest absolute Gasteiger partial charge is 0.348 e. The summed E-state index contributed by atoms with van der Waals surface area (Å²) in [4.78, 5) is 15.4. The smallest absolute Gasteiger partial charge is 0.253 e. The van der Waals surface area contributed by atoms with Gasteiger partial charge in [0, 0.05) is 24.3 Å². The molecule has 156 valence electrons. The second-order valence-corrected chi connectivity index (χ2v) is 8.86. The molecule has 1 atom stereocenters. The normalized spacial score (nSPS) is 22.8. The number of carbonyl (C=O) groups is 1. The SMILES string of the molecule is O=C(NC1CN2CCC1CC2)c1cc2ccc3cc(-c4ccc(F)cc4)ccc3n2c1. The van der Waals surface area contributed by atoms with E-state index in [0.717, 1.165) is 34.1 Å². The van der Waals surface area contributed by atoms with Crippen LogP contribution in [0.2, 0.25) is 0 Å². The van der Waals surface area contributed by atoms with E-state index in [0.29, 0.717) is 11.5 Å². The molecule has 5 heterocycles. The standard InChI is InChI=1S/C26H24FN3O/c27-22-5-1-17(2-6-22)19-4-8-25-20(13-19)3-7-23-14-21(15-30(23)25)26(31)28-24-16-29-11-9-18(24)10-12-29/h1-8,13-15,18,24H,9-12,16H2,(H,28,31). The zero-order valence-electron chi connectivity index (χ0n) is 17.2. The highest BCUT2D eigenvalue weighted by Gasteiger charge is 2.35. The Morgan fingerprint density at radius 3 is 2.45 bits per heavy atom. The van der Waals surface area contributed by atoms with Crippen LogP contribution in [0.3, 0.4) is 0 Å². The molecule has 5 heteroatoms. The molecule has 3 saturated heterocycles. The fourth-order valence-corrected chi connectivity index (χ4v) is 5.23. The highest BCUT2D eigenvalue weighted by atomic mass is 19.1. The number of benzene rings is 2. The van der Waals surface area contributed by atoms with Crippen molar-refractivity contribution in [1.29, 1.82) is 0 Å². The molecule has 0 spiro atoms. The Hall–Kier alpha value is -3.18. The fourth-order valence-electron chi connectivity index (χ4n) is 5.23. The molecule has 2 bridgehead atoms. The lowest BCUT2D eigenvalue weighted by Crippen LogP contribution is -2.57. The van der Waals surface area contributed by atoms with Crippen molar-refractivity contribution in [3.63, 3.8) is 0 Å². The first-order valence-electron chi connectivity index (χ1n) is 11.0. The number of amides is 1. The number of pyridine rings is 1. The van der Waals surface area contributed by atoms with E-state index >= 15 is 0 Å². The zero-order chi connectivity index (χ0) is 20.9. The number of piperidine rings is 3. The molecule has 3 fully saturated rings. The van der Waals surface area contributed by atoms with Crippen molar-refractivity contribution in [1.82, 2.24) is 14.6 Å². The Morgan fingerprint density at radius 2 is 1.71 bits per heavy atom. The first-order valence-corrected chi connectivity index (χ1v) is 11.0. The summed E-state index contributed by atoms with van der Waals surface area (Å²) in [6, 6.07) is 19.1. The predicted octanol–water partition coefficient (Wildman–Crippen LogP) is 4.72. The van der Waals surface area contributed by atoms with E-state index in [-0.39, 0.29) is 17.8 Å². The third-order valence-corrected chi connectivity index (χ3v) is 6.98. The number of nitrogens with one attached hydrogen (secondary N) is 1. The van der Waals surface area contributed by atoms with Crippen LogP contribution in [0.4, 0.5) is 4.39 Å². The molecule has 1 N–H and O–H groups in total. The lowest BCUT2D eigenvalue weighted by molar-refractivity contribution is 0.0620. The number of halogens is 1. The third-order valence-electron chi connectivity index (χ3n) is 6.98. The van der Waals surface area contributed by atoms with E-state index in [9.17, 15) is 9.18 Å². The van der Waals surface area contributed by atoms with Crippen LogP contribution in [0.1, 0.15) is 23.2 Å². The summed E-state index contributed by atoms with van der Waals surface area (Å²) in [5, 5.41) is 4.36. The van der Waals surface area contributed by atoms with E-state index in [1.54, 1.807) is 12.1 Å². The van der Waals surface area contributed by atoms with E-state index in [4.69, 9.17) is 0 Å². The Kier molecular flexibility index (Phi) is 4.32. The van der Waals surface area contributed by atoms with E-state index in [1.165, 1.54) is 38.1 Å². The van der Waals surface area contributed by atoms with Gasteiger partial charge in [0.15, 0.2) is 0 Å². The van der Waals surface area contributed by atoms with Gasteiger partial charge in [-0.15, -0.1) is 0 Å². The monoisotopic (exact) mass is 413 g/mol. The molecule has 0 saturated carbocycles. The summed E-state index contributed by atoms with van der Waals surface area (Å²) in [6.45, 7) is 3.30. The molecular weight excluding hydrogens is 389 g/mol. The van der Waals surface area contributed by atoms with Crippen LogP contribution in [0.5, 0.6) is 0 Å². The van der Waals surface area contributed by atoms with Gasteiger partial charge in [0.25, 0.3) is 5.91 Å². The average molecular weight is 413 g/mol. The lowest BCUT2D eigenvalue weighted by Gasteiger charge is -2.44. The first kappa shape index (κ1) is 18.6. The van der Waals surface area contributed by atoms with Gasteiger partial charge >= 0.3 is 0 Å².